The van der Waals surface area contributed by atoms with Crippen molar-refractivity contribution in [2.75, 3.05) is 13.7 Å². The van der Waals surface area contributed by atoms with Crippen LogP contribution in [-0.2, 0) is 4.74 Å². The quantitative estimate of drug-likeness (QED) is 0.848. The molecule has 3 N–H and O–H groups in total. The SMILES string of the molecule is COC1(CNC(=O)c2csc(C(C)N)n2)CCC1. The van der Waals surface area contributed by atoms with Crippen molar-refractivity contribution in [2.45, 2.75) is 37.8 Å². The van der Waals surface area contributed by atoms with Crippen LogP contribution in [0.15, 0.2) is 5.38 Å². The summed E-state index contributed by atoms with van der Waals surface area (Å²) in [7, 11) is 1.70. The second-order valence-electron chi connectivity index (χ2n) is 4.78. The van der Waals surface area contributed by atoms with Crippen LogP contribution in [-0.4, -0.2) is 30.1 Å². The third-order valence-corrected chi connectivity index (χ3v) is 4.46. The third kappa shape index (κ3) is 2.71. The summed E-state index contributed by atoms with van der Waals surface area (Å²) < 4.78 is 5.45. The highest BCUT2D eigenvalue weighted by Gasteiger charge is 2.37. The lowest BCUT2D eigenvalue weighted by Gasteiger charge is -2.40. The van der Waals surface area contributed by atoms with Crippen molar-refractivity contribution in [1.82, 2.24) is 10.3 Å². The van der Waals surface area contributed by atoms with Gasteiger partial charge in [0.25, 0.3) is 5.91 Å². The van der Waals surface area contributed by atoms with Crippen molar-refractivity contribution < 1.29 is 9.53 Å². The maximum absolute atomic E-state index is 11.9. The molecule has 1 aromatic rings. The van der Waals surface area contributed by atoms with E-state index in [9.17, 15) is 4.79 Å². The lowest BCUT2D eigenvalue weighted by Crippen LogP contribution is -2.49. The van der Waals surface area contributed by atoms with Crippen LogP contribution in [0.4, 0.5) is 0 Å². The van der Waals surface area contributed by atoms with E-state index in [1.54, 1.807) is 12.5 Å². The first kappa shape index (κ1) is 13.5. The first-order valence-corrected chi connectivity index (χ1v) is 6.99. The van der Waals surface area contributed by atoms with Gasteiger partial charge in [-0.15, -0.1) is 11.3 Å². The summed E-state index contributed by atoms with van der Waals surface area (Å²) in [5.74, 6) is -0.151. The average molecular weight is 269 g/mol. The fourth-order valence-electron chi connectivity index (χ4n) is 1.96. The molecule has 0 bridgehead atoms. The Morgan fingerprint density at radius 1 is 1.72 bits per heavy atom. The van der Waals surface area contributed by atoms with Gasteiger partial charge < -0.3 is 15.8 Å². The van der Waals surface area contributed by atoms with E-state index < -0.39 is 0 Å². The van der Waals surface area contributed by atoms with Crippen LogP contribution in [0.3, 0.4) is 0 Å². The van der Waals surface area contributed by atoms with Crippen LogP contribution in [0.1, 0.15) is 47.7 Å². The molecule has 18 heavy (non-hydrogen) atoms. The predicted octanol–water partition coefficient (Wildman–Crippen LogP) is 1.46. The van der Waals surface area contributed by atoms with Crippen molar-refractivity contribution in [3.63, 3.8) is 0 Å². The lowest BCUT2D eigenvalue weighted by atomic mass is 9.80. The molecule has 1 atom stereocenters. The number of hydrogen-bond acceptors (Lipinski definition) is 5. The Hall–Kier alpha value is -0.980. The summed E-state index contributed by atoms with van der Waals surface area (Å²) >= 11 is 1.42. The molecule has 1 heterocycles. The fraction of sp³-hybridized carbons (Fsp3) is 0.667. The maximum atomic E-state index is 11.9. The number of amides is 1. The van der Waals surface area contributed by atoms with Crippen LogP contribution in [0, 0.1) is 0 Å². The first-order valence-electron chi connectivity index (χ1n) is 6.11. The average Bonchev–Trinajstić information content (AvgIpc) is 2.77. The van der Waals surface area contributed by atoms with Crippen LogP contribution in [0.5, 0.6) is 0 Å². The molecule has 1 saturated carbocycles. The van der Waals surface area contributed by atoms with Gasteiger partial charge in [-0.3, -0.25) is 4.79 Å². The highest BCUT2D eigenvalue weighted by Crippen LogP contribution is 2.34. The van der Waals surface area contributed by atoms with E-state index in [4.69, 9.17) is 10.5 Å². The summed E-state index contributed by atoms with van der Waals surface area (Å²) in [5, 5.41) is 5.41. The Morgan fingerprint density at radius 3 is 2.89 bits per heavy atom. The van der Waals surface area contributed by atoms with E-state index in [2.05, 4.69) is 10.3 Å². The zero-order valence-corrected chi connectivity index (χ0v) is 11.5. The zero-order chi connectivity index (χ0) is 13.2. The molecular formula is C12H19N3O2S. The van der Waals surface area contributed by atoms with Gasteiger partial charge >= 0.3 is 0 Å². The monoisotopic (exact) mass is 269 g/mol. The van der Waals surface area contributed by atoms with Gasteiger partial charge in [-0.1, -0.05) is 0 Å². The number of ether oxygens (including phenoxy) is 1. The van der Waals surface area contributed by atoms with Crippen molar-refractivity contribution in [3.05, 3.63) is 16.1 Å². The molecule has 0 aromatic carbocycles. The molecule has 100 valence electrons. The van der Waals surface area contributed by atoms with Gasteiger partial charge in [-0.25, -0.2) is 4.98 Å². The predicted molar refractivity (Wildman–Crippen MR) is 70.6 cm³/mol. The highest BCUT2D eigenvalue weighted by atomic mass is 32.1. The fourth-order valence-corrected chi connectivity index (χ4v) is 2.71. The molecule has 0 radical (unpaired) electrons. The lowest BCUT2D eigenvalue weighted by molar-refractivity contribution is -0.0679. The van der Waals surface area contributed by atoms with Gasteiger partial charge in [-0.2, -0.15) is 0 Å². The van der Waals surface area contributed by atoms with Gasteiger partial charge in [0, 0.05) is 19.0 Å². The van der Waals surface area contributed by atoms with Crippen LogP contribution >= 0.6 is 11.3 Å². The van der Waals surface area contributed by atoms with E-state index in [1.165, 1.54) is 11.3 Å². The second kappa shape index (κ2) is 5.34. The molecule has 1 fully saturated rings. The highest BCUT2D eigenvalue weighted by molar-refractivity contribution is 7.09. The molecule has 5 nitrogen and oxygen atoms in total. The van der Waals surface area contributed by atoms with Crippen molar-refractivity contribution in [2.24, 2.45) is 5.73 Å². The summed E-state index contributed by atoms with van der Waals surface area (Å²) in [4.78, 5) is 16.1. The van der Waals surface area contributed by atoms with Gasteiger partial charge in [-0.05, 0) is 26.2 Å². The largest absolute Gasteiger partial charge is 0.376 e. The minimum absolute atomic E-state index is 0.131. The molecule has 1 amide bonds. The van der Waals surface area contributed by atoms with Crippen LogP contribution < -0.4 is 11.1 Å². The maximum Gasteiger partial charge on any atom is 0.270 e. The molecule has 0 aliphatic heterocycles. The third-order valence-electron chi connectivity index (χ3n) is 3.41. The van der Waals surface area contributed by atoms with E-state index in [0.29, 0.717) is 12.2 Å². The molecule has 0 spiro atoms. The van der Waals surface area contributed by atoms with E-state index in [0.717, 1.165) is 24.3 Å². The number of carbonyl (C=O) groups excluding carboxylic acids is 1. The van der Waals surface area contributed by atoms with Crippen molar-refractivity contribution in [1.29, 1.82) is 0 Å². The van der Waals surface area contributed by atoms with E-state index in [1.807, 2.05) is 6.92 Å². The van der Waals surface area contributed by atoms with Gasteiger partial charge in [0.1, 0.15) is 10.7 Å². The number of rotatable bonds is 5. The summed E-state index contributed by atoms with van der Waals surface area (Å²) in [6.45, 7) is 2.40. The van der Waals surface area contributed by atoms with Crippen LogP contribution in [0.25, 0.3) is 0 Å². The summed E-state index contributed by atoms with van der Waals surface area (Å²) in [6, 6.07) is -0.131. The van der Waals surface area contributed by atoms with Gasteiger partial charge in [0.15, 0.2) is 0 Å². The number of thiazole rings is 1. The molecule has 2 rings (SSSR count). The van der Waals surface area contributed by atoms with Gasteiger partial charge in [0.05, 0.1) is 11.6 Å². The number of aromatic nitrogens is 1. The minimum atomic E-state index is -0.157. The summed E-state index contributed by atoms with van der Waals surface area (Å²) in [6.07, 6.45) is 3.17. The van der Waals surface area contributed by atoms with Crippen molar-refractivity contribution in [3.8, 4) is 0 Å². The number of nitrogens with one attached hydrogen (secondary N) is 1. The molecule has 6 heteroatoms. The topological polar surface area (TPSA) is 77.2 Å². The molecule has 1 unspecified atom stereocenters. The second-order valence-corrected chi connectivity index (χ2v) is 5.67. The number of methoxy groups -OCH3 is 1. The van der Waals surface area contributed by atoms with Crippen LogP contribution in [0.2, 0.25) is 0 Å². The Kier molecular flexibility index (Phi) is 3.99. The number of nitrogens with zero attached hydrogens (tertiary/aromatic N) is 1. The molecule has 1 aromatic heterocycles. The number of carbonyl (C=O) groups is 1. The molecule has 0 saturated heterocycles. The standard InChI is InChI=1S/C12H19N3O2S/c1-8(13)11-15-9(6-18-11)10(16)14-7-12(17-2)4-3-5-12/h6,8H,3-5,7,13H2,1-2H3,(H,14,16). The van der Waals surface area contributed by atoms with E-state index in [-0.39, 0.29) is 17.6 Å². The smallest absolute Gasteiger partial charge is 0.270 e. The van der Waals surface area contributed by atoms with E-state index >= 15 is 0 Å². The number of nitrogens with two attached hydrogens (primary N) is 1. The molecular weight excluding hydrogens is 250 g/mol. The van der Waals surface area contributed by atoms with Crippen molar-refractivity contribution >= 4 is 17.2 Å². The number of hydrogen-bond donors (Lipinski definition) is 2. The summed E-state index contributed by atoms with van der Waals surface area (Å²) in [5.41, 5.74) is 6.00. The Bertz CT molecular complexity index is 421. The minimum Gasteiger partial charge on any atom is -0.376 e. The Balaban J connectivity index is 1.91. The Morgan fingerprint density at radius 2 is 2.44 bits per heavy atom. The van der Waals surface area contributed by atoms with Gasteiger partial charge in [0.2, 0.25) is 0 Å². The Labute approximate surface area is 111 Å². The normalized spacial score (nSPS) is 19.1. The zero-order valence-electron chi connectivity index (χ0n) is 10.7. The molecule has 1 aliphatic carbocycles. The molecule has 1 aliphatic rings. The first-order chi connectivity index (χ1) is 8.56.